The largest absolute Gasteiger partial charge is 0.374 e. The first-order valence-corrected chi connectivity index (χ1v) is 8.88. The minimum atomic E-state index is -0.0690. The maximum Gasteiger partial charge on any atom is 0.238 e. The third kappa shape index (κ3) is 6.40. The zero-order chi connectivity index (χ0) is 17.5. The molecular weight excluding hydrogens is 326 g/mol. The van der Waals surface area contributed by atoms with Crippen molar-refractivity contribution in [2.24, 2.45) is 5.92 Å². The van der Waals surface area contributed by atoms with Crippen LogP contribution in [-0.4, -0.2) is 68.2 Å². The van der Waals surface area contributed by atoms with E-state index in [0.717, 1.165) is 32.8 Å². The van der Waals surface area contributed by atoms with E-state index in [1.165, 1.54) is 0 Å². The fraction of sp³-hybridized carbons (Fsp3) is 0.611. The Morgan fingerprint density at radius 1 is 1.46 bits per heavy atom. The summed E-state index contributed by atoms with van der Waals surface area (Å²) >= 11 is 6.06. The Labute approximate surface area is 149 Å². The van der Waals surface area contributed by atoms with Crippen molar-refractivity contribution in [3.8, 4) is 0 Å². The normalized spacial score (nSPS) is 19.0. The molecule has 6 heteroatoms. The van der Waals surface area contributed by atoms with Crippen LogP contribution in [0.5, 0.6) is 0 Å². The minimum absolute atomic E-state index is 0.0690. The molecule has 24 heavy (non-hydrogen) atoms. The minimum Gasteiger partial charge on any atom is -0.374 e. The summed E-state index contributed by atoms with van der Waals surface area (Å²) in [6, 6.07) is 7.26. The van der Waals surface area contributed by atoms with Crippen LogP contribution in [0.25, 0.3) is 0 Å². The Balaban J connectivity index is 1.77. The third-order valence-corrected chi connectivity index (χ3v) is 4.25. The van der Waals surface area contributed by atoms with Crippen LogP contribution in [0.15, 0.2) is 24.3 Å². The summed E-state index contributed by atoms with van der Waals surface area (Å²) in [5.74, 6) is 0.586. The monoisotopic (exact) mass is 353 g/mol. The number of nitrogens with one attached hydrogen (secondary N) is 1. The van der Waals surface area contributed by atoms with Gasteiger partial charge in [0.1, 0.15) is 0 Å². The van der Waals surface area contributed by atoms with Gasteiger partial charge < -0.3 is 10.1 Å². The summed E-state index contributed by atoms with van der Waals surface area (Å²) in [7, 11) is 1.94. The van der Waals surface area contributed by atoms with Crippen molar-refractivity contribution in [3.05, 3.63) is 29.3 Å². The average molecular weight is 354 g/mol. The lowest BCUT2D eigenvalue weighted by molar-refractivity contribution is -0.117. The van der Waals surface area contributed by atoms with Gasteiger partial charge in [0.25, 0.3) is 0 Å². The lowest BCUT2D eigenvalue weighted by Gasteiger charge is -2.35. The van der Waals surface area contributed by atoms with Crippen LogP contribution in [-0.2, 0) is 9.53 Å². The number of morpholine rings is 1. The molecule has 1 fully saturated rings. The fourth-order valence-corrected chi connectivity index (χ4v) is 3.17. The van der Waals surface area contributed by atoms with Gasteiger partial charge in [-0.15, -0.1) is 0 Å². The molecule has 1 aliphatic rings. The van der Waals surface area contributed by atoms with E-state index in [4.69, 9.17) is 16.3 Å². The number of hydrogen-bond donors (Lipinski definition) is 1. The van der Waals surface area contributed by atoms with E-state index in [9.17, 15) is 4.79 Å². The van der Waals surface area contributed by atoms with Crippen molar-refractivity contribution in [2.75, 3.05) is 51.7 Å². The Morgan fingerprint density at radius 2 is 2.21 bits per heavy atom. The lowest BCUT2D eigenvalue weighted by atomic mass is 10.1. The molecule has 1 aliphatic heterocycles. The number of hydrogen-bond acceptors (Lipinski definition) is 4. The van der Waals surface area contributed by atoms with Gasteiger partial charge in [-0.25, -0.2) is 0 Å². The standard InChI is InChI=1S/C18H28ClN3O2/c1-14(2)10-22-8-9-24-15(12-22)11-21(3)13-18(23)20-17-7-5-4-6-16(17)19/h4-7,14-15H,8-13H2,1-3H3,(H,20,23)/t15-/m1/s1. The quantitative estimate of drug-likeness (QED) is 0.818. The highest BCUT2D eigenvalue weighted by Crippen LogP contribution is 2.20. The predicted molar refractivity (Wildman–Crippen MR) is 98.6 cm³/mol. The summed E-state index contributed by atoms with van der Waals surface area (Å²) in [6.45, 7) is 9.29. The second-order valence-electron chi connectivity index (χ2n) is 6.87. The van der Waals surface area contributed by atoms with Crippen LogP contribution >= 0.6 is 11.6 Å². The number of benzene rings is 1. The first-order valence-electron chi connectivity index (χ1n) is 8.51. The van der Waals surface area contributed by atoms with Crippen molar-refractivity contribution in [2.45, 2.75) is 20.0 Å². The number of nitrogens with zero attached hydrogens (tertiary/aromatic N) is 2. The number of para-hydroxylation sites is 1. The van der Waals surface area contributed by atoms with Crippen molar-refractivity contribution in [1.82, 2.24) is 9.80 Å². The molecule has 1 aromatic carbocycles. The van der Waals surface area contributed by atoms with Crippen LogP contribution in [0, 0.1) is 5.92 Å². The van der Waals surface area contributed by atoms with E-state index in [0.29, 0.717) is 23.2 Å². The highest BCUT2D eigenvalue weighted by atomic mass is 35.5. The molecule has 0 bridgehead atoms. The molecule has 0 aromatic heterocycles. The molecule has 0 radical (unpaired) electrons. The van der Waals surface area contributed by atoms with Crippen molar-refractivity contribution in [1.29, 1.82) is 0 Å². The smallest absolute Gasteiger partial charge is 0.238 e. The topological polar surface area (TPSA) is 44.8 Å². The number of carbonyl (C=O) groups excluding carboxylic acids is 1. The van der Waals surface area contributed by atoms with Crippen molar-refractivity contribution < 1.29 is 9.53 Å². The molecule has 2 rings (SSSR count). The van der Waals surface area contributed by atoms with Gasteiger partial charge in [0.05, 0.1) is 30.0 Å². The number of ether oxygens (including phenoxy) is 1. The first kappa shape index (κ1) is 19.2. The van der Waals surface area contributed by atoms with E-state index in [2.05, 4.69) is 24.1 Å². The molecular formula is C18H28ClN3O2. The van der Waals surface area contributed by atoms with Crippen LogP contribution in [0.4, 0.5) is 5.69 Å². The van der Waals surface area contributed by atoms with Gasteiger partial charge in [-0.2, -0.15) is 0 Å². The fourth-order valence-electron chi connectivity index (χ4n) is 2.98. The molecule has 0 aliphatic carbocycles. The summed E-state index contributed by atoms with van der Waals surface area (Å²) in [4.78, 5) is 16.6. The zero-order valence-electron chi connectivity index (χ0n) is 14.8. The van der Waals surface area contributed by atoms with Gasteiger partial charge in [0.15, 0.2) is 0 Å². The highest BCUT2D eigenvalue weighted by Gasteiger charge is 2.22. The number of likely N-dealkylation sites (N-methyl/N-ethyl adjacent to an activating group) is 1. The number of halogens is 1. The van der Waals surface area contributed by atoms with Gasteiger partial charge >= 0.3 is 0 Å². The number of carbonyl (C=O) groups is 1. The average Bonchev–Trinajstić information content (AvgIpc) is 2.49. The molecule has 1 atom stereocenters. The van der Waals surface area contributed by atoms with E-state index in [-0.39, 0.29) is 12.0 Å². The molecule has 1 heterocycles. The Hall–Kier alpha value is -1.14. The van der Waals surface area contributed by atoms with Gasteiger partial charge in [-0.3, -0.25) is 14.6 Å². The SMILES string of the molecule is CC(C)CN1CCO[C@H](CN(C)CC(=O)Nc2ccccc2Cl)C1. The van der Waals surface area contributed by atoms with Crippen LogP contribution in [0.2, 0.25) is 5.02 Å². The number of rotatable bonds is 7. The second-order valence-corrected chi connectivity index (χ2v) is 7.28. The van der Waals surface area contributed by atoms with Crippen LogP contribution in [0.1, 0.15) is 13.8 Å². The van der Waals surface area contributed by atoms with E-state index in [1.54, 1.807) is 12.1 Å². The van der Waals surface area contributed by atoms with E-state index in [1.807, 2.05) is 24.1 Å². The Bertz CT molecular complexity index is 539. The van der Waals surface area contributed by atoms with Crippen LogP contribution in [0.3, 0.4) is 0 Å². The summed E-state index contributed by atoms with van der Waals surface area (Å²) < 4.78 is 5.84. The number of anilines is 1. The molecule has 0 saturated carbocycles. The van der Waals surface area contributed by atoms with Crippen LogP contribution < -0.4 is 5.32 Å². The van der Waals surface area contributed by atoms with Gasteiger partial charge in [-0.05, 0) is 25.1 Å². The van der Waals surface area contributed by atoms with Gasteiger partial charge in [0, 0.05) is 26.2 Å². The molecule has 5 nitrogen and oxygen atoms in total. The van der Waals surface area contributed by atoms with Crippen molar-refractivity contribution in [3.63, 3.8) is 0 Å². The number of amides is 1. The molecule has 134 valence electrons. The summed E-state index contributed by atoms with van der Waals surface area (Å²) in [5.41, 5.74) is 0.648. The first-order chi connectivity index (χ1) is 11.4. The summed E-state index contributed by atoms with van der Waals surface area (Å²) in [6.07, 6.45) is 0.149. The second kappa shape index (κ2) is 9.37. The Kier molecular flexibility index (Phi) is 7.49. The highest BCUT2D eigenvalue weighted by molar-refractivity contribution is 6.33. The maximum absolute atomic E-state index is 12.2. The van der Waals surface area contributed by atoms with Gasteiger partial charge in [-0.1, -0.05) is 37.6 Å². The van der Waals surface area contributed by atoms with E-state index >= 15 is 0 Å². The van der Waals surface area contributed by atoms with Gasteiger partial charge in [0.2, 0.25) is 5.91 Å². The third-order valence-electron chi connectivity index (χ3n) is 3.92. The Morgan fingerprint density at radius 3 is 2.92 bits per heavy atom. The molecule has 0 spiro atoms. The lowest BCUT2D eigenvalue weighted by Crippen LogP contribution is -2.48. The maximum atomic E-state index is 12.2. The zero-order valence-corrected chi connectivity index (χ0v) is 15.6. The molecule has 0 unspecified atom stereocenters. The molecule has 1 amide bonds. The molecule has 1 N–H and O–H groups in total. The van der Waals surface area contributed by atoms with E-state index < -0.39 is 0 Å². The predicted octanol–water partition coefficient (Wildman–Crippen LogP) is 2.57. The molecule has 1 saturated heterocycles. The molecule has 1 aromatic rings. The van der Waals surface area contributed by atoms with Crippen molar-refractivity contribution >= 4 is 23.2 Å². The summed E-state index contributed by atoms with van der Waals surface area (Å²) in [5, 5.41) is 3.40.